The van der Waals surface area contributed by atoms with Gasteiger partial charge in [0.2, 0.25) is 5.91 Å². The smallest absolute Gasteiger partial charge is 0.239 e. The van der Waals surface area contributed by atoms with Crippen LogP contribution in [0, 0.1) is 0 Å². The molecule has 2 heterocycles. The van der Waals surface area contributed by atoms with Crippen molar-refractivity contribution in [3.8, 4) is 0 Å². The van der Waals surface area contributed by atoms with Crippen molar-refractivity contribution in [1.82, 2.24) is 20.4 Å². The summed E-state index contributed by atoms with van der Waals surface area (Å²) in [5, 5.41) is 6.61. The van der Waals surface area contributed by atoms with Crippen LogP contribution in [0.15, 0.2) is 27.8 Å². The molecule has 1 aliphatic rings. The van der Waals surface area contributed by atoms with E-state index in [0.717, 1.165) is 63.6 Å². The van der Waals surface area contributed by atoms with Crippen LogP contribution in [-0.4, -0.2) is 75.0 Å². The minimum Gasteiger partial charge on any atom is -0.469 e. The van der Waals surface area contributed by atoms with E-state index in [2.05, 4.69) is 20.5 Å². The van der Waals surface area contributed by atoms with Gasteiger partial charge in [0.25, 0.3) is 0 Å². The maximum atomic E-state index is 12.2. The first-order valence-corrected chi connectivity index (χ1v) is 9.04. The second kappa shape index (κ2) is 12.2. The zero-order valence-corrected chi connectivity index (χ0v) is 18.4. The number of carbonyl (C=O) groups is 1. The zero-order chi connectivity index (χ0) is 18.1. The van der Waals surface area contributed by atoms with Gasteiger partial charge in [0.05, 0.1) is 12.3 Å². The summed E-state index contributed by atoms with van der Waals surface area (Å²) in [6, 6.07) is 3.93. The Hall–Kier alpha value is -1.29. The SMILES string of the molecule is CN=C(NCCCN1CCCC1C(=O)N(C)C)NCCc1ccco1.I. The summed E-state index contributed by atoms with van der Waals surface area (Å²) in [7, 11) is 5.44. The molecule has 1 aromatic heterocycles. The van der Waals surface area contributed by atoms with Gasteiger partial charge in [0.15, 0.2) is 5.96 Å². The van der Waals surface area contributed by atoms with Crippen LogP contribution in [0.5, 0.6) is 0 Å². The third-order valence-corrected chi connectivity index (χ3v) is 4.47. The van der Waals surface area contributed by atoms with E-state index in [1.54, 1.807) is 18.2 Å². The molecule has 8 heteroatoms. The van der Waals surface area contributed by atoms with Gasteiger partial charge in [-0.25, -0.2) is 0 Å². The summed E-state index contributed by atoms with van der Waals surface area (Å²) in [4.78, 5) is 20.4. The van der Waals surface area contributed by atoms with Gasteiger partial charge in [-0.2, -0.15) is 0 Å². The third kappa shape index (κ3) is 7.14. The number of nitrogens with one attached hydrogen (secondary N) is 2. The Kier molecular flexibility index (Phi) is 10.6. The Balaban J connectivity index is 0.00000338. The highest BCUT2D eigenvalue weighted by Crippen LogP contribution is 2.18. The van der Waals surface area contributed by atoms with Gasteiger partial charge < -0.3 is 20.0 Å². The van der Waals surface area contributed by atoms with E-state index in [-0.39, 0.29) is 35.9 Å². The van der Waals surface area contributed by atoms with Crippen LogP contribution in [-0.2, 0) is 11.2 Å². The molecule has 0 radical (unpaired) electrons. The number of guanidine groups is 1. The second-order valence-corrected chi connectivity index (χ2v) is 6.54. The maximum Gasteiger partial charge on any atom is 0.239 e. The van der Waals surface area contributed by atoms with Crippen molar-refractivity contribution in [3.63, 3.8) is 0 Å². The van der Waals surface area contributed by atoms with E-state index in [9.17, 15) is 4.79 Å². The highest BCUT2D eigenvalue weighted by molar-refractivity contribution is 14.0. The number of furan rings is 1. The molecule has 1 aliphatic heterocycles. The Morgan fingerprint density at radius 3 is 2.81 bits per heavy atom. The zero-order valence-electron chi connectivity index (χ0n) is 16.0. The van der Waals surface area contributed by atoms with Crippen molar-refractivity contribution in [3.05, 3.63) is 24.2 Å². The van der Waals surface area contributed by atoms with E-state index in [1.807, 2.05) is 26.2 Å². The summed E-state index contributed by atoms with van der Waals surface area (Å²) in [5.74, 6) is 1.99. The highest BCUT2D eigenvalue weighted by Gasteiger charge is 2.30. The quantitative estimate of drug-likeness (QED) is 0.257. The van der Waals surface area contributed by atoms with E-state index in [1.165, 1.54) is 0 Å². The molecule has 0 aromatic carbocycles. The molecule has 1 amide bonds. The molecule has 2 rings (SSSR count). The van der Waals surface area contributed by atoms with Crippen molar-refractivity contribution >= 4 is 35.8 Å². The van der Waals surface area contributed by atoms with Gasteiger partial charge in [-0.1, -0.05) is 0 Å². The van der Waals surface area contributed by atoms with Crippen LogP contribution >= 0.6 is 24.0 Å². The first-order chi connectivity index (χ1) is 12.1. The van der Waals surface area contributed by atoms with Gasteiger partial charge in [0.1, 0.15) is 5.76 Å². The van der Waals surface area contributed by atoms with Crippen molar-refractivity contribution in [2.45, 2.75) is 31.7 Å². The molecule has 0 aliphatic carbocycles. The molecule has 148 valence electrons. The summed E-state index contributed by atoms with van der Waals surface area (Å²) < 4.78 is 5.31. The molecule has 0 bridgehead atoms. The fourth-order valence-electron chi connectivity index (χ4n) is 3.14. The number of likely N-dealkylation sites (N-methyl/N-ethyl adjacent to an activating group) is 1. The van der Waals surface area contributed by atoms with Crippen LogP contribution < -0.4 is 10.6 Å². The Morgan fingerprint density at radius 2 is 2.15 bits per heavy atom. The minimum absolute atomic E-state index is 0. The van der Waals surface area contributed by atoms with E-state index in [4.69, 9.17) is 4.42 Å². The van der Waals surface area contributed by atoms with E-state index >= 15 is 0 Å². The van der Waals surface area contributed by atoms with Crippen LogP contribution in [0.2, 0.25) is 0 Å². The molecular formula is C18H32IN5O2. The molecule has 2 N–H and O–H groups in total. The molecule has 1 fully saturated rings. The largest absolute Gasteiger partial charge is 0.469 e. The lowest BCUT2D eigenvalue weighted by Crippen LogP contribution is -2.44. The molecular weight excluding hydrogens is 445 g/mol. The molecule has 1 atom stereocenters. The minimum atomic E-state index is 0. The lowest BCUT2D eigenvalue weighted by Gasteiger charge is -2.26. The maximum absolute atomic E-state index is 12.2. The first-order valence-electron chi connectivity index (χ1n) is 9.04. The van der Waals surface area contributed by atoms with Crippen molar-refractivity contribution in [2.24, 2.45) is 4.99 Å². The number of halogens is 1. The fraction of sp³-hybridized carbons (Fsp3) is 0.667. The number of carbonyl (C=O) groups excluding carboxylic acids is 1. The van der Waals surface area contributed by atoms with Crippen molar-refractivity contribution in [1.29, 1.82) is 0 Å². The van der Waals surface area contributed by atoms with Gasteiger partial charge in [-0.15, -0.1) is 24.0 Å². The first kappa shape index (κ1) is 22.8. The normalized spacial score (nSPS) is 17.7. The predicted molar refractivity (Wildman–Crippen MR) is 115 cm³/mol. The number of amides is 1. The van der Waals surface area contributed by atoms with E-state index in [0.29, 0.717) is 0 Å². The summed E-state index contributed by atoms with van der Waals surface area (Å²) in [6.45, 7) is 3.56. The lowest BCUT2D eigenvalue weighted by atomic mass is 10.2. The summed E-state index contributed by atoms with van der Waals surface area (Å²) in [6.07, 6.45) is 5.58. The van der Waals surface area contributed by atoms with Crippen LogP contribution in [0.1, 0.15) is 25.0 Å². The number of aliphatic imine (C=N–C) groups is 1. The topological polar surface area (TPSA) is 73.1 Å². The molecule has 7 nitrogen and oxygen atoms in total. The average molecular weight is 477 g/mol. The lowest BCUT2D eigenvalue weighted by molar-refractivity contribution is -0.133. The van der Waals surface area contributed by atoms with Crippen molar-refractivity contribution in [2.75, 3.05) is 47.3 Å². The molecule has 1 saturated heterocycles. The molecule has 0 spiro atoms. The monoisotopic (exact) mass is 477 g/mol. The van der Waals surface area contributed by atoms with Crippen LogP contribution in [0.3, 0.4) is 0 Å². The summed E-state index contributed by atoms with van der Waals surface area (Å²) >= 11 is 0. The Morgan fingerprint density at radius 1 is 1.38 bits per heavy atom. The number of hydrogen-bond donors (Lipinski definition) is 2. The Labute approximate surface area is 173 Å². The molecule has 26 heavy (non-hydrogen) atoms. The number of likely N-dealkylation sites (tertiary alicyclic amines) is 1. The predicted octanol–water partition coefficient (Wildman–Crippen LogP) is 1.55. The number of rotatable bonds is 8. The molecule has 1 unspecified atom stereocenters. The number of hydrogen-bond acceptors (Lipinski definition) is 4. The number of nitrogens with zero attached hydrogens (tertiary/aromatic N) is 3. The van der Waals surface area contributed by atoms with Crippen LogP contribution in [0.4, 0.5) is 0 Å². The van der Waals surface area contributed by atoms with Crippen molar-refractivity contribution < 1.29 is 9.21 Å². The molecule has 1 aromatic rings. The Bertz CT molecular complexity index is 548. The molecule has 0 saturated carbocycles. The highest BCUT2D eigenvalue weighted by atomic mass is 127. The second-order valence-electron chi connectivity index (χ2n) is 6.54. The average Bonchev–Trinajstić information content (AvgIpc) is 3.27. The van der Waals surface area contributed by atoms with Gasteiger partial charge in [-0.3, -0.25) is 14.7 Å². The van der Waals surface area contributed by atoms with Crippen LogP contribution in [0.25, 0.3) is 0 Å². The summed E-state index contributed by atoms with van der Waals surface area (Å²) in [5.41, 5.74) is 0. The van der Waals surface area contributed by atoms with Gasteiger partial charge in [-0.05, 0) is 37.9 Å². The third-order valence-electron chi connectivity index (χ3n) is 4.47. The fourth-order valence-corrected chi connectivity index (χ4v) is 3.14. The van der Waals surface area contributed by atoms with Gasteiger partial charge >= 0.3 is 0 Å². The standard InChI is InChI=1S/C18H31N5O2.HI/c1-19-18(21-11-9-15-7-5-14-25-15)20-10-6-13-23-12-4-8-16(23)17(24)22(2)3;/h5,7,14,16H,4,6,8-13H2,1-3H3,(H2,19,20,21);1H. The van der Waals surface area contributed by atoms with E-state index < -0.39 is 0 Å². The van der Waals surface area contributed by atoms with Gasteiger partial charge in [0, 0.05) is 47.2 Å².